The number of sulfonamides is 1. The van der Waals surface area contributed by atoms with E-state index in [1.807, 2.05) is 6.08 Å². The molecule has 2 atom stereocenters. The molecule has 0 spiro atoms. The van der Waals surface area contributed by atoms with Crippen molar-refractivity contribution in [3.05, 3.63) is 36.1 Å². The molecule has 1 amide bonds. The molecular weight excluding hydrogens is 500 g/mol. The van der Waals surface area contributed by atoms with E-state index < -0.39 is 16.3 Å². The maximum absolute atomic E-state index is 13.1. The zero-order valence-corrected chi connectivity index (χ0v) is 22.6. The molecule has 1 saturated carbocycles. The first-order chi connectivity index (χ1) is 17.9. The molecule has 1 aliphatic heterocycles. The van der Waals surface area contributed by atoms with E-state index in [1.54, 1.807) is 19.2 Å². The molecule has 1 heterocycles. The first-order valence-electron chi connectivity index (χ1n) is 12.9. The molecular formula is C26H40N2O8S. The highest BCUT2D eigenvalue weighted by molar-refractivity contribution is 7.89. The number of amides is 1. The van der Waals surface area contributed by atoms with Gasteiger partial charge >= 0.3 is 0 Å². The van der Waals surface area contributed by atoms with Crippen molar-refractivity contribution in [1.82, 2.24) is 9.62 Å². The van der Waals surface area contributed by atoms with Crippen LogP contribution in [0.25, 0.3) is 0 Å². The number of aliphatic hydroxyl groups excluding tert-OH is 1. The number of hydrogen-bond acceptors (Lipinski definition) is 8. The fourth-order valence-electron chi connectivity index (χ4n) is 4.84. The monoisotopic (exact) mass is 540 g/mol. The van der Waals surface area contributed by atoms with Crippen molar-refractivity contribution in [2.75, 3.05) is 53.7 Å². The Kier molecular flexibility index (Phi) is 11.7. The van der Waals surface area contributed by atoms with E-state index in [0.717, 1.165) is 12.8 Å². The van der Waals surface area contributed by atoms with Gasteiger partial charge in [-0.25, -0.2) is 8.42 Å². The smallest absolute Gasteiger partial charge is 0.286 e. The zero-order chi connectivity index (χ0) is 26.7. The summed E-state index contributed by atoms with van der Waals surface area (Å²) in [5, 5.41) is 12.3. The van der Waals surface area contributed by atoms with Crippen LogP contribution in [-0.2, 0) is 29.0 Å². The highest BCUT2D eigenvalue weighted by Gasteiger charge is 2.33. The lowest BCUT2D eigenvalue weighted by atomic mass is 9.77. The van der Waals surface area contributed by atoms with Gasteiger partial charge in [0.2, 0.25) is 16.3 Å². The maximum atomic E-state index is 13.1. The van der Waals surface area contributed by atoms with E-state index in [9.17, 15) is 18.3 Å². The molecule has 1 aromatic rings. The van der Waals surface area contributed by atoms with Crippen LogP contribution >= 0.6 is 0 Å². The van der Waals surface area contributed by atoms with Crippen LogP contribution in [0.1, 0.15) is 38.5 Å². The van der Waals surface area contributed by atoms with Crippen LogP contribution in [-0.4, -0.2) is 83.7 Å². The maximum Gasteiger partial charge on any atom is 0.286 e. The lowest BCUT2D eigenvalue weighted by Crippen LogP contribution is -2.39. The highest BCUT2D eigenvalue weighted by atomic mass is 32.2. The number of aliphatic hydroxyl groups is 1. The summed E-state index contributed by atoms with van der Waals surface area (Å²) < 4.78 is 49.5. The molecule has 0 aromatic heterocycles. The summed E-state index contributed by atoms with van der Waals surface area (Å²) in [6.45, 7) is 0.454. The minimum absolute atomic E-state index is 0.0297. The quantitative estimate of drug-likeness (QED) is 0.345. The number of allylic oxidation sites excluding steroid dienone is 1. The third-order valence-corrected chi connectivity index (χ3v) is 8.76. The summed E-state index contributed by atoms with van der Waals surface area (Å²) in [7, 11) is -0.768. The first kappa shape index (κ1) is 29.4. The minimum Gasteiger partial charge on any atom is -0.497 e. The normalized spacial score (nSPS) is 20.8. The van der Waals surface area contributed by atoms with E-state index in [4.69, 9.17) is 18.9 Å². The predicted octanol–water partition coefficient (Wildman–Crippen LogP) is 2.28. The standard InChI is InChI=1S/C26H40N2O8S/c1-33-16-12-27-26(30)24-18-21(20-6-4-3-5-7-20)19-25(36-24)35-17-14-28(13-15-29)37(31,32)23-10-8-22(34-2)9-11-23/h8-11,18,20-21,25,29H,3-7,12-17,19H2,1-2H3,(H,27,30)/t21-,25+/m1/s1. The fourth-order valence-corrected chi connectivity index (χ4v) is 6.25. The Labute approximate surface area is 220 Å². The average Bonchev–Trinajstić information content (AvgIpc) is 2.93. The van der Waals surface area contributed by atoms with Crippen LogP contribution in [0.15, 0.2) is 41.0 Å². The molecule has 1 aromatic carbocycles. The van der Waals surface area contributed by atoms with Gasteiger partial charge in [-0.3, -0.25) is 4.79 Å². The van der Waals surface area contributed by atoms with E-state index in [-0.39, 0.29) is 48.8 Å². The molecule has 2 N–H and O–H groups in total. The summed E-state index contributed by atoms with van der Waals surface area (Å²) in [4.78, 5) is 12.8. The topological polar surface area (TPSA) is 124 Å². The van der Waals surface area contributed by atoms with Crippen molar-refractivity contribution in [2.24, 2.45) is 11.8 Å². The molecule has 0 saturated heterocycles. The number of carbonyl (C=O) groups excluding carboxylic acids is 1. The Balaban J connectivity index is 1.64. The second-order valence-electron chi connectivity index (χ2n) is 9.30. The molecule has 0 radical (unpaired) electrons. The van der Waals surface area contributed by atoms with Gasteiger partial charge < -0.3 is 29.4 Å². The SMILES string of the molecule is COCCNC(=O)C1=C[C@@H](C2CCCCC2)C[C@@H](OCCN(CCO)S(=O)(=O)c2ccc(OC)cc2)O1. The van der Waals surface area contributed by atoms with Gasteiger partial charge in [-0.05, 0) is 55.0 Å². The fraction of sp³-hybridized carbons (Fsp3) is 0.654. The van der Waals surface area contributed by atoms with Crippen LogP contribution in [0.4, 0.5) is 0 Å². The summed E-state index contributed by atoms with van der Waals surface area (Å²) >= 11 is 0. The number of rotatable bonds is 14. The van der Waals surface area contributed by atoms with Gasteiger partial charge in [-0.2, -0.15) is 4.31 Å². The Bertz CT molecular complexity index is 977. The molecule has 10 nitrogen and oxygen atoms in total. The van der Waals surface area contributed by atoms with Crippen molar-refractivity contribution in [1.29, 1.82) is 0 Å². The molecule has 1 fully saturated rings. The predicted molar refractivity (Wildman–Crippen MR) is 137 cm³/mol. The molecule has 2 aliphatic rings. The van der Waals surface area contributed by atoms with E-state index in [1.165, 1.54) is 42.8 Å². The van der Waals surface area contributed by atoms with Crippen LogP contribution in [0.3, 0.4) is 0 Å². The highest BCUT2D eigenvalue weighted by Crippen LogP contribution is 2.37. The lowest BCUT2D eigenvalue weighted by molar-refractivity contribution is -0.151. The molecule has 1 aliphatic carbocycles. The van der Waals surface area contributed by atoms with Crippen molar-refractivity contribution in [2.45, 2.75) is 49.7 Å². The van der Waals surface area contributed by atoms with Crippen molar-refractivity contribution >= 4 is 15.9 Å². The van der Waals surface area contributed by atoms with Crippen molar-refractivity contribution in [3.63, 3.8) is 0 Å². The average molecular weight is 541 g/mol. The third-order valence-electron chi connectivity index (χ3n) is 6.85. The number of methoxy groups -OCH3 is 2. The Morgan fingerprint density at radius 3 is 2.49 bits per heavy atom. The molecule has 208 valence electrons. The Morgan fingerprint density at radius 2 is 1.84 bits per heavy atom. The summed E-state index contributed by atoms with van der Waals surface area (Å²) in [5.74, 6) is 1.09. The van der Waals surface area contributed by atoms with Crippen LogP contribution in [0, 0.1) is 11.8 Å². The van der Waals surface area contributed by atoms with Gasteiger partial charge in [-0.15, -0.1) is 0 Å². The van der Waals surface area contributed by atoms with Gasteiger partial charge in [0.25, 0.3) is 5.91 Å². The minimum atomic E-state index is -3.85. The largest absolute Gasteiger partial charge is 0.497 e. The van der Waals surface area contributed by atoms with E-state index in [2.05, 4.69) is 5.32 Å². The molecule has 0 bridgehead atoms. The summed E-state index contributed by atoms with van der Waals surface area (Å²) in [6, 6.07) is 6.09. The van der Waals surface area contributed by atoms with Crippen molar-refractivity contribution in [3.8, 4) is 5.75 Å². The lowest BCUT2D eigenvalue weighted by Gasteiger charge is -2.35. The molecule has 11 heteroatoms. The number of nitrogens with one attached hydrogen (secondary N) is 1. The van der Waals surface area contributed by atoms with Crippen LogP contribution < -0.4 is 10.1 Å². The zero-order valence-electron chi connectivity index (χ0n) is 21.8. The second-order valence-corrected chi connectivity index (χ2v) is 11.2. The second kappa shape index (κ2) is 14.7. The third kappa shape index (κ3) is 8.41. The van der Waals surface area contributed by atoms with Crippen LogP contribution in [0.2, 0.25) is 0 Å². The number of nitrogens with zero attached hydrogens (tertiary/aromatic N) is 1. The van der Waals surface area contributed by atoms with Gasteiger partial charge in [0, 0.05) is 33.2 Å². The number of benzene rings is 1. The Morgan fingerprint density at radius 1 is 1.11 bits per heavy atom. The van der Waals surface area contributed by atoms with Crippen LogP contribution in [0.5, 0.6) is 5.75 Å². The molecule has 3 rings (SSSR count). The number of ether oxygens (including phenoxy) is 4. The van der Waals surface area contributed by atoms with Gasteiger partial charge in [-0.1, -0.05) is 19.3 Å². The van der Waals surface area contributed by atoms with Gasteiger partial charge in [0.1, 0.15) is 5.75 Å². The van der Waals surface area contributed by atoms with E-state index in [0.29, 0.717) is 31.2 Å². The van der Waals surface area contributed by atoms with Crippen molar-refractivity contribution < 1.29 is 37.3 Å². The van der Waals surface area contributed by atoms with Gasteiger partial charge in [0.15, 0.2) is 5.76 Å². The number of hydrogen-bond donors (Lipinski definition) is 2. The van der Waals surface area contributed by atoms with E-state index >= 15 is 0 Å². The molecule has 37 heavy (non-hydrogen) atoms. The van der Waals surface area contributed by atoms with Gasteiger partial charge in [0.05, 0.1) is 31.8 Å². The Hall–Kier alpha value is -2.18. The first-order valence-corrected chi connectivity index (χ1v) is 14.3. The summed E-state index contributed by atoms with van der Waals surface area (Å²) in [5.41, 5.74) is 0. The molecule has 0 unspecified atom stereocenters. The summed E-state index contributed by atoms with van der Waals surface area (Å²) in [6.07, 6.45) is 7.66. The number of carbonyl (C=O) groups is 1.